The molecular formula is C26H26F3N7O3S. The molecule has 3 heterocycles. The van der Waals surface area contributed by atoms with E-state index in [0.717, 1.165) is 23.6 Å². The van der Waals surface area contributed by atoms with Crippen LogP contribution >= 0.6 is 0 Å². The SMILES string of the molecule is Cn1nccc1-c1ccc2ncc(C(N)=O)c(Nc3ccc(N4CCN(S(C)(=O)=O)CC4)c(C(F)(F)F)c3)c2c1. The highest BCUT2D eigenvalue weighted by Gasteiger charge is 2.36. The van der Waals surface area contributed by atoms with Crippen molar-refractivity contribution in [1.29, 1.82) is 0 Å². The van der Waals surface area contributed by atoms with Gasteiger partial charge in [-0.2, -0.15) is 22.6 Å². The van der Waals surface area contributed by atoms with Crippen molar-refractivity contribution >= 4 is 43.9 Å². The van der Waals surface area contributed by atoms with E-state index in [0.29, 0.717) is 10.9 Å². The lowest BCUT2D eigenvalue weighted by atomic mass is 10.0. The van der Waals surface area contributed by atoms with Gasteiger partial charge in [0.15, 0.2) is 0 Å². The number of carbonyl (C=O) groups is 1. The Labute approximate surface area is 228 Å². The number of hydrogen-bond donors (Lipinski definition) is 2. The number of nitrogens with zero attached hydrogens (tertiary/aromatic N) is 5. The number of nitrogens with one attached hydrogen (secondary N) is 1. The molecule has 0 unspecified atom stereocenters. The molecule has 210 valence electrons. The monoisotopic (exact) mass is 573 g/mol. The van der Waals surface area contributed by atoms with Crippen molar-refractivity contribution in [1.82, 2.24) is 19.1 Å². The Morgan fingerprint density at radius 2 is 1.77 bits per heavy atom. The average Bonchev–Trinajstić information content (AvgIpc) is 3.33. The van der Waals surface area contributed by atoms with Gasteiger partial charge in [-0.05, 0) is 36.4 Å². The summed E-state index contributed by atoms with van der Waals surface area (Å²) in [5.41, 5.74) is 7.06. The van der Waals surface area contributed by atoms with Crippen LogP contribution in [0, 0.1) is 0 Å². The number of pyridine rings is 1. The largest absolute Gasteiger partial charge is 0.418 e. The number of piperazine rings is 1. The molecule has 3 N–H and O–H groups in total. The summed E-state index contributed by atoms with van der Waals surface area (Å²) in [6.45, 7) is 0.390. The minimum Gasteiger partial charge on any atom is -0.368 e. The Morgan fingerprint density at radius 1 is 1.05 bits per heavy atom. The molecule has 0 radical (unpaired) electrons. The molecule has 10 nitrogen and oxygen atoms in total. The number of alkyl halides is 3. The first-order valence-corrected chi connectivity index (χ1v) is 14.1. The third-order valence-corrected chi connectivity index (χ3v) is 8.17. The molecule has 0 atom stereocenters. The Kier molecular flexibility index (Phi) is 6.92. The second-order valence-corrected chi connectivity index (χ2v) is 11.5. The molecule has 1 aliphatic heterocycles. The van der Waals surface area contributed by atoms with E-state index >= 15 is 0 Å². The number of hydrogen-bond acceptors (Lipinski definition) is 7. The number of aromatic nitrogens is 3. The number of aryl methyl sites for hydroxylation is 1. The number of rotatable bonds is 6. The van der Waals surface area contributed by atoms with Crippen molar-refractivity contribution < 1.29 is 26.4 Å². The number of amides is 1. The molecule has 2 aromatic carbocycles. The second kappa shape index (κ2) is 10.1. The van der Waals surface area contributed by atoms with Crippen LogP contribution in [0.1, 0.15) is 15.9 Å². The number of fused-ring (bicyclic) bond motifs is 1. The summed E-state index contributed by atoms with van der Waals surface area (Å²) < 4.78 is 69.3. The molecule has 0 saturated carbocycles. The lowest BCUT2D eigenvalue weighted by Crippen LogP contribution is -2.48. The molecule has 1 amide bonds. The number of halogens is 3. The van der Waals surface area contributed by atoms with Gasteiger partial charge in [-0.25, -0.2) is 8.42 Å². The van der Waals surface area contributed by atoms with Crippen molar-refractivity contribution in [2.24, 2.45) is 12.8 Å². The molecule has 40 heavy (non-hydrogen) atoms. The Balaban J connectivity index is 1.56. The zero-order chi connectivity index (χ0) is 28.8. The van der Waals surface area contributed by atoms with Crippen molar-refractivity contribution in [3.05, 3.63) is 66.0 Å². The van der Waals surface area contributed by atoms with E-state index in [1.165, 1.54) is 27.5 Å². The van der Waals surface area contributed by atoms with Crippen molar-refractivity contribution in [2.75, 3.05) is 42.7 Å². The predicted molar refractivity (Wildman–Crippen MR) is 146 cm³/mol. The zero-order valence-corrected chi connectivity index (χ0v) is 22.4. The van der Waals surface area contributed by atoms with Gasteiger partial charge in [0.1, 0.15) is 0 Å². The van der Waals surface area contributed by atoms with E-state index in [-0.39, 0.29) is 48.8 Å². The van der Waals surface area contributed by atoms with Crippen LogP contribution in [0.3, 0.4) is 0 Å². The number of carbonyl (C=O) groups excluding carboxylic acids is 1. The van der Waals surface area contributed by atoms with E-state index < -0.39 is 27.7 Å². The Bertz CT molecular complexity index is 1710. The number of sulfonamides is 1. The predicted octanol–water partition coefficient (Wildman–Crippen LogP) is 3.58. The fourth-order valence-electron chi connectivity index (χ4n) is 4.85. The highest BCUT2D eigenvalue weighted by Crippen LogP contribution is 2.40. The van der Waals surface area contributed by atoms with Gasteiger partial charge < -0.3 is 16.0 Å². The number of benzene rings is 2. The van der Waals surface area contributed by atoms with Crippen LogP contribution in [0.5, 0.6) is 0 Å². The van der Waals surface area contributed by atoms with Gasteiger partial charge in [-0.3, -0.25) is 14.5 Å². The van der Waals surface area contributed by atoms with E-state index in [1.54, 1.807) is 30.1 Å². The molecule has 1 fully saturated rings. The Morgan fingerprint density at radius 3 is 2.38 bits per heavy atom. The number of anilines is 3. The lowest BCUT2D eigenvalue weighted by molar-refractivity contribution is -0.137. The quantitative estimate of drug-likeness (QED) is 0.361. The summed E-state index contributed by atoms with van der Waals surface area (Å²) in [6.07, 6.45) is -0.692. The first-order chi connectivity index (χ1) is 18.8. The highest BCUT2D eigenvalue weighted by atomic mass is 32.2. The van der Waals surface area contributed by atoms with Crippen LogP contribution in [-0.4, -0.2) is 65.8 Å². The van der Waals surface area contributed by atoms with Gasteiger partial charge in [0, 0.05) is 67.9 Å². The summed E-state index contributed by atoms with van der Waals surface area (Å²) >= 11 is 0. The van der Waals surface area contributed by atoms with Crippen molar-refractivity contribution in [3.63, 3.8) is 0 Å². The number of primary amides is 1. The van der Waals surface area contributed by atoms with Gasteiger partial charge >= 0.3 is 6.18 Å². The van der Waals surface area contributed by atoms with Crippen LogP contribution in [-0.2, 0) is 23.2 Å². The van der Waals surface area contributed by atoms with E-state index in [9.17, 15) is 26.4 Å². The maximum Gasteiger partial charge on any atom is 0.418 e. The van der Waals surface area contributed by atoms with Crippen LogP contribution in [0.2, 0.25) is 0 Å². The summed E-state index contributed by atoms with van der Waals surface area (Å²) in [4.78, 5) is 18.1. The van der Waals surface area contributed by atoms with Crippen LogP contribution in [0.15, 0.2) is 54.9 Å². The smallest absolute Gasteiger partial charge is 0.368 e. The van der Waals surface area contributed by atoms with E-state index in [4.69, 9.17) is 5.73 Å². The summed E-state index contributed by atoms with van der Waals surface area (Å²) in [5, 5.41) is 7.65. The summed E-state index contributed by atoms with van der Waals surface area (Å²) in [7, 11) is -1.66. The van der Waals surface area contributed by atoms with Gasteiger partial charge in [0.2, 0.25) is 10.0 Å². The fourth-order valence-corrected chi connectivity index (χ4v) is 5.68. The van der Waals surface area contributed by atoms with Crippen LogP contribution in [0.25, 0.3) is 22.2 Å². The van der Waals surface area contributed by atoms with Crippen molar-refractivity contribution in [3.8, 4) is 11.3 Å². The molecule has 1 saturated heterocycles. The maximum atomic E-state index is 14.2. The molecule has 0 spiro atoms. The van der Waals surface area contributed by atoms with Gasteiger partial charge in [-0.1, -0.05) is 6.07 Å². The highest BCUT2D eigenvalue weighted by molar-refractivity contribution is 7.88. The average molecular weight is 574 g/mol. The third kappa shape index (κ3) is 5.31. The third-order valence-electron chi connectivity index (χ3n) is 6.87. The van der Waals surface area contributed by atoms with Gasteiger partial charge in [0.05, 0.1) is 34.3 Å². The number of nitrogens with two attached hydrogens (primary N) is 1. The van der Waals surface area contributed by atoms with E-state index in [1.807, 2.05) is 12.1 Å². The van der Waals surface area contributed by atoms with Crippen molar-refractivity contribution in [2.45, 2.75) is 6.18 Å². The first-order valence-electron chi connectivity index (χ1n) is 12.2. The normalized spacial score (nSPS) is 15.0. The molecule has 0 bridgehead atoms. The van der Waals surface area contributed by atoms with Gasteiger partial charge in [0.25, 0.3) is 5.91 Å². The molecular weight excluding hydrogens is 547 g/mol. The molecule has 1 aliphatic rings. The second-order valence-electron chi connectivity index (χ2n) is 9.49. The first kappa shape index (κ1) is 27.4. The maximum absolute atomic E-state index is 14.2. The molecule has 4 aromatic rings. The molecule has 0 aliphatic carbocycles. The molecule has 2 aromatic heterocycles. The minimum absolute atomic E-state index is 0.0178. The van der Waals surface area contributed by atoms with Gasteiger partial charge in [-0.15, -0.1) is 0 Å². The van der Waals surface area contributed by atoms with Crippen LogP contribution < -0.4 is 16.0 Å². The van der Waals surface area contributed by atoms with Crippen LogP contribution in [0.4, 0.5) is 30.2 Å². The molecule has 14 heteroatoms. The Hall–Kier alpha value is -4.17. The lowest BCUT2D eigenvalue weighted by Gasteiger charge is -2.36. The van der Waals surface area contributed by atoms with E-state index in [2.05, 4.69) is 15.4 Å². The zero-order valence-electron chi connectivity index (χ0n) is 21.6. The standard InChI is InChI=1S/C26H26F3N7O3S/c1-34-22(7-8-32-34)16-3-5-21-18(13-16)24(19(15-31-21)25(30)37)33-17-4-6-23(20(14-17)26(27,28)29)35-9-11-36(12-10-35)40(2,38)39/h3-8,13-15H,9-12H2,1-2H3,(H2,30,37)(H,31,33). The topological polar surface area (TPSA) is 126 Å². The summed E-state index contributed by atoms with van der Waals surface area (Å²) in [6, 6.07) is 11.0. The molecule has 5 rings (SSSR count). The fraction of sp³-hybridized carbons (Fsp3) is 0.269. The minimum atomic E-state index is -4.69. The summed E-state index contributed by atoms with van der Waals surface area (Å²) in [5.74, 6) is -0.792.